The minimum atomic E-state index is 0.747. The van der Waals surface area contributed by atoms with E-state index in [-0.39, 0.29) is 0 Å². The Kier molecular flexibility index (Phi) is 5.11. The molecule has 9 heavy (non-hydrogen) atoms. The Labute approximate surface area is 58.9 Å². The molecule has 0 saturated carbocycles. The summed E-state index contributed by atoms with van der Waals surface area (Å²) in [6.07, 6.45) is 4.83. The molecule has 0 aliphatic rings. The summed E-state index contributed by atoms with van der Waals surface area (Å²) in [4.78, 5) is 4.76. The van der Waals surface area contributed by atoms with Gasteiger partial charge in [-0.2, -0.15) is 0 Å². The molecule has 3 nitrogen and oxygen atoms in total. The zero-order valence-electron chi connectivity index (χ0n) is 5.50. The van der Waals surface area contributed by atoms with Crippen LogP contribution in [0.3, 0.4) is 0 Å². The average molecular weight is 146 g/mol. The second kappa shape index (κ2) is 5.50. The smallest absolute Gasteiger partial charge is 0.186 e. The Morgan fingerprint density at radius 1 is 1.78 bits per heavy atom. The number of rotatable bonds is 3. The van der Waals surface area contributed by atoms with Gasteiger partial charge < -0.3 is 10.6 Å². The summed E-state index contributed by atoms with van der Waals surface area (Å²) in [5.74, 6) is 0. The molecule has 0 atom stereocenters. The van der Waals surface area contributed by atoms with Crippen molar-refractivity contribution >= 4 is 18.1 Å². The monoisotopic (exact) mass is 146 g/mol. The fourth-order valence-electron chi connectivity index (χ4n) is 0.290. The lowest BCUT2D eigenvalue weighted by molar-refractivity contribution is 0.258. The van der Waals surface area contributed by atoms with Crippen LogP contribution in [0.25, 0.3) is 0 Å². The van der Waals surface area contributed by atoms with Gasteiger partial charge in [0.25, 0.3) is 0 Å². The van der Waals surface area contributed by atoms with Crippen LogP contribution in [-0.2, 0) is 4.84 Å². The van der Waals surface area contributed by atoms with Crippen molar-refractivity contribution in [1.82, 2.24) is 0 Å². The molecule has 0 radical (unpaired) electrons. The number of allylic oxidation sites excluding steroid dienone is 1. The number of nitrogens with two attached hydrogens (primary N) is 1. The van der Waals surface area contributed by atoms with E-state index in [1.807, 2.05) is 19.3 Å². The summed E-state index contributed by atoms with van der Waals surface area (Å²) in [6.45, 7) is 1.87. The second-order valence-corrected chi connectivity index (χ2v) is 1.97. The average Bonchev–Trinajstić information content (AvgIpc) is 1.91. The lowest BCUT2D eigenvalue weighted by Crippen LogP contribution is -1.89. The summed E-state index contributed by atoms with van der Waals surface area (Å²) in [5, 5.41) is 4.12. The van der Waals surface area contributed by atoms with Crippen molar-refractivity contribution in [3.63, 3.8) is 0 Å². The molecule has 0 aliphatic carbocycles. The summed E-state index contributed by atoms with van der Waals surface area (Å²) >= 11 is 1.48. The normalized spacial score (nSPS) is 12.4. The molecule has 0 aliphatic heterocycles. The van der Waals surface area contributed by atoms with E-state index in [0.717, 1.165) is 11.4 Å². The van der Waals surface area contributed by atoms with E-state index in [4.69, 9.17) is 10.6 Å². The molecule has 0 aromatic heterocycles. The molecule has 0 aromatic carbocycles. The van der Waals surface area contributed by atoms with Gasteiger partial charge in [-0.05, 0) is 19.3 Å². The number of hydrogen-bond acceptors (Lipinski definition) is 3. The van der Waals surface area contributed by atoms with E-state index in [0.29, 0.717) is 0 Å². The van der Waals surface area contributed by atoms with Crippen LogP contribution in [0, 0.1) is 0 Å². The van der Waals surface area contributed by atoms with Crippen molar-refractivity contribution in [3.05, 3.63) is 11.2 Å². The fraction of sp³-hybridized carbons (Fsp3) is 0.400. The van der Waals surface area contributed by atoms with Crippen LogP contribution in [0.1, 0.15) is 6.92 Å². The highest BCUT2D eigenvalue weighted by atomic mass is 32.2. The Balaban J connectivity index is 3.58. The van der Waals surface area contributed by atoms with Gasteiger partial charge in [0.2, 0.25) is 0 Å². The van der Waals surface area contributed by atoms with Crippen LogP contribution in [-0.4, -0.2) is 12.6 Å². The minimum absolute atomic E-state index is 0.747. The third-order valence-corrected chi connectivity index (χ3v) is 1.35. The molecular formula is C5H10N2OS. The standard InChI is InChI=1S/C5H10N2OS/c1-3-5(9-2)8-7-4-6/h3-4H,1-2H3,(H2,6,7)/b5-3+. The first-order chi connectivity index (χ1) is 4.35. The molecule has 4 heteroatoms. The van der Waals surface area contributed by atoms with Crippen LogP contribution in [0.15, 0.2) is 16.3 Å². The van der Waals surface area contributed by atoms with Gasteiger partial charge in [-0.3, -0.25) is 0 Å². The minimum Gasteiger partial charge on any atom is -0.387 e. The zero-order chi connectivity index (χ0) is 7.11. The van der Waals surface area contributed by atoms with Gasteiger partial charge >= 0.3 is 0 Å². The summed E-state index contributed by atoms with van der Waals surface area (Å²) < 4.78 is 0. The predicted octanol–water partition coefficient (Wildman–Crippen LogP) is 1.13. The van der Waals surface area contributed by atoms with Gasteiger partial charge in [-0.1, -0.05) is 16.9 Å². The molecule has 0 spiro atoms. The van der Waals surface area contributed by atoms with Gasteiger partial charge in [0.15, 0.2) is 5.09 Å². The highest BCUT2D eigenvalue weighted by Crippen LogP contribution is 2.11. The Bertz CT molecular complexity index is 122. The van der Waals surface area contributed by atoms with Crippen molar-refractivity contribution < 1.29 is 4.84 Å². The molecule has 0 heterocycles. The van der Waals surface area contributed by atoms with Crippen LogP contribution in [0.4, 0.5) is 0 Å². The largest absolute Gasteiger partial charge is 0.387 e. The van der Waals surface area contributed by atoms with Gasteiger partial charge in [-0.15, -0.1) is 0 Å². The Morgan fingerprint density at radius 2 is 2.44 bits per heavy atom. The first-order valence-corrected chi connectivity index (χ1v) is 3.68. The first kappa shape index (κ1) is 8.36. The van der Waals surface area contributed by atoms with E-state index >= 15 is 0 Å². The third-order valence-electron chi connectivity index (χ3n) is 0.640. The van der Waals surface area contributed by atoms with Crippen LogP contribution >= 0.6 is 11.8 Å². The predicted molar refractivity (Wildman–Crippen MR) is 41.0 cm³/mol. The number of thioether (sulfide) groups is 1. The molecule has 0 aromatic rings. The zero-order valence-corrected chi connectivity index (χ0v) is 6.31. The molecule has 0 rings (SSSR count). The third kappa shape index (κ3) is 3.90. The molecular weight excluding hydrogens is 136 g/mol. The number of hydrogen-bond donors (Lipinski definition) is 1. The first-order valence-electron chi connectivity index (χ1n) is 2.46. The highest BCUT2D eigenvalue weighted by molar-refractivity contribution is 8.02. The lowest BCUT2D eigenvalue weighted by Gasteiger charge is -1.95. The van der Waals surface area contributed by atoms with Gasteiger partial charge in [-0.25, -0.2) is 0 Å². The van der Waals surface area contributed by atoms with E-state index in [9.17, 15) is 0 Å². The fourth-order valence-corrected chi connectivity index (χ4v) is 0.643. The van der Waals surface area contributed by atoms with Crippen molar-refractivity contribution in [2.24, 2.45) is 10.9 Å². The van der Waals surface area contributed by atoms with Crippen molar-refractivity contribution in [3.8, 4) is 0 Å². The molecule has 0 unspecified atom stereocenters. The van der Waals surface area contributed by atoms with E-state index in [1.54, 1.807) is 0 Å². The quantitative estimate of drug-likeness (QED) is 0.281. The number of nitrogens with zero attached hydrogens (tertiary/aromatic N) is 1. The van der Waals surface area contributed by atoms with E-state index < -0.39 is 0 Å². The van der Waals surface area contributed by atoms with Gasteiger partial charge in [0.1, 0.15) is 6.34 Å². The molecule has 0 amide bonds. The van der Waals surface area contributed by atoms with E-state index in [2.05, 4.69) is 5.16 Å². The van der Waals surface area contributed by atoms with Crippen LogP contribution in [0.5, 0.6) is 0 Å². The SMILES string of the molecule is C/C=C(\O/N=C\N)SC. The van der Waals surface area contributed by atoms with Crippen molar-refractivity contribution in [1.29, 1.82) is 0 Å². The summed E-state index contributed by atoms with van der Waals surface area (Å²) in [5.41, 5.74) is 4.93. The summed E-state index contributed by atoms with van der Waals surface area (Å²) in [6, 6.07) is 0. The molecule has 0 saturated heterocycles. The van der Waals surface area contributed by atoms with Gasteiger partial charge in [0.05, 0.1) is 0 Å². The molecule has 2 N–H and O–H groups in total. The van der Waals surface area contributed by atoms with Crippen LogP contribution < -0.4 is 5.73 Å². The maximum atomic E-state index is 4.93. The Hall–Kier alpha value is -0.640. The van der Waals surface area contributed by atoms with Crippen LogP contribution in [0.2, 0.25) is 0 Å². The maximum Gasteiger partial charge on any atom is 0.186 e. The highest BCUT2D eigenvalue weighted by Gasteiger charge is 1.88. The topological polar surface area (TPSA) is 47.6 Å². The number of oxime groups is 1. The second-order valence-electron chi connectivity index (χ2n) is 1.16. The van der Waals surface area contributed by atoms with E-state index in [1.165, 1.54) is 11.8 Å². The molecule has 0 fully saturated rings. The molecule has 0 bridgehead atoms. The molecule has 52 valence electrons. The van der Waals surface area contributed by atoms with Gasteiger partial charge in [0, 0.05) is 0 Å². The lowest BCUT2D eigenvalue weighted by atomic mass is 10.7. The van der Waals surface area contributed by atoms with Crippen molar-refractivity contribution in [2.45, 2.75) is 6.92 Å². The maximum absolute atomic E-state index is 4.93. The van der Waals surface area contributed by atoms with Crippen molar-refractivity contribution in [2.75, 3.05) is 6.26 Å². The Morgan fingerprint density at radius 3 is 2.78 bits per heavy atom. The summed E-state index contributed by atoms with van der Waals surface area (Å²) in [7, 11) is 0.